The molecule has 0 aliphatic carbocycles. The predicted molar refractivity (Wildman–Crippen MR) is 98.4 cm³/mol. The van der Waals surface area contributed by atoms with E-state index in [4.69, 9.17) is 4.74 Å². The van der Waals surface area contributed by atoms with Crippen LogP contribution in [-0.2, 0) is 0 Å². The summed E-state index contributed by atoms with van der Waals surface area (Å²) in [5.74, 6) is 2.01. The Labute approximate surface area is 138 Å². The van der Waals surface area contributed by atoms with Gasteiger partial charge in [0.15, 0.2) is 0 Å². The maximum absolute atomic E-state index is 6.19. The smallest absolute Gasteiger partial charge is 0.264 e. The van der Waals surface area contributed by atoms with Crippen molar-refractivity contribution in [2.24, 2.45) is 0 Å². The van der Waals surface area contributed by atoms with Gasteiger partial charge in [-0.25, -0.2) is 0 Å². The van der Waals surface area contributed by atoms with Gasteiger partial charge in [-0.2, -0.15) is 0 Å². The van der Waals surface area contributed by atoms with Crippen LogP contribution in [0.15, 0.2) is 66.7 Å². The van der Waals surface area contributed by atoms with Crippen LogP contribution in [0.25, 0.3) is 21.2 Å². The summed E-state index contributed by atoms with van der Waals surface area (Å²) in [7, 11) is 0. The second-order valence-corrected chi connectivity index (χ2v) is 7.21. The SMILES string of the molecule is c1ccc2c(c1)Oc1cccc3c1B2c1sc2ccccc2c1-3. The quantitative estimate of drug-likeness (QED) is 0.390. The lowest BCUT2D eigenvalue weighted by atomic mass is 9.40. The first kappa shape index (κ1) is 12.0. The average molecular weight is 310 g/mol. The van der Waals surface area contributed by atoms with Crippen LogP contribution < -0.4 is 20.4 Å². The van der Waals surface area contributed by atoms with Crippen LogP contribution in [-0.4, -0.2) is 6.71 Å². The third-order valence-corrected chi connectivity index (χ3v) is 6.19. The molecule has 3 aromatic carbocycles. The molecule has 2 aliphatic heterocycles. The second-order valence-electron chi connectivity index (χ2n) is 6.13. The number of ether oxygens (including phenoxy) is 1. The van der Waals surface area contributed by atoms with E-state index in [1.807, 2.05) is 11.3 Å². The van der Waals surface area contributed by atoms with Gasteiger partial charge in [-0.1, -0.05) is 48.5 Å². The molecule has 0 amide bonds. The minimum atomic E-state index is 0.318. The van der Waals surface area contributed by atoms with Crippen LogP contribution >= 0.6 is 11.3 Å². The van der Waals surface area contributed by atoms with E-state index >= 15 is 0 Å². The minimum Gasteiger partial charge on any atom is -0.458 e. The number of fused-ring (bicyclic) bond motifs is 7. The highest BCUT2D eigenvalue weighted by molar-refractivity contribution is 7.34. The summed E-state index contributed by atoms with van der Waals surface area (Å²) in [5, 5.41) is 1.37. The molecule has 4 aromatic rings. The minimum absolute atomic E-state index is 0.318. The Balaban J connectivity index is 1.80. The summed E-state index contributed by atoms with van der Waals surface area (Å²) in [6.07, 6.45) is 0. The molecule has 0 bridgehead atoms. The summed E-state index contributed by atoms with van der Waals surface area (Å²) >= 11 is 1.93. The molecule has 23 heavy (non-hydrogen) atoms. The van der Waals surface area contributed by atoms with Gasteiger partial charge in [0, 0.05) is 4.70 Å². The molecule has 106 valence electrons. The molecule has 0 unspecified atom stereocenters. The van der Waals surface area contributed by atoms with E-state index in [1.165, 1.54) is 36.9 Å². The topological polar surface area (TPSA) is 9.23 Å². The Bertz CT molecular complexity index is 1110. The van der Waals surface area contributed by atoms with Crippen molar-refractivity contribution in [1.29, 1.82) is 0 Å². The van der Waals surface area contributed by atoms with Gasteiger partial charge < -0.3 is 4.74 Å². The largest absolute Gasteiger partial charge is 0.458 e. The fourth-order valence-corrected chi connectivity index (χ4v) is 5.40. The Hall–Kier alpha value is -2.52. The highest BCUT2D eigenvalue weighted by Gasteiger charge is 2.42. The lowest BCUT2D eigenvalue weighted by Gasteiger charge is -2.23. The first-order valence-electron chi connectivity index (χ1n) is 7.83. The zero-order valence-electron chi connectivity index (χ0n) is 12.2. The van der Waals surface area contributed by atoms with Gasteiger partial charge in [0.25, 0.3) is 6.71 Å². The molecular weight excluding hydrogens is 299 g/mol. The number of rotatable bonds is 0. The highest BCUT2D eigenvalue weighted by atomic mass is 32.1. The fourth-order valence-electron chi connectivity index (χ4n) is 4.05. The Morgan fingerprint density at radius 1 is 0.783 bits per heavy atom. The molecule has 1 aromatic heterocycles. The third-order valence-electron chi connectivity index (χ3n) is 4.96. The Morgan fingerprint density at radius 2 is 1.61 bits per heavy atom. The van der Waals surface area contributed by atoms with Crippen LogP contribution in [0.4, 0.5) is 0 Å². The molecule has 6 rings (SSSR count). The Kier molecular flexibility index (Phi) is 2.11. The molecule has 0 saturated heterocycles. The standard InChI is InChI=1S/C20H11BOS/c1-4-11-17-12(6-1)18-13-7-5-10-16-19(13)21(20(18)23-17)14-8-2-3-9-15(14)22-16/h1-11H. The molecule has 0 atom stereocenters. The number of thiophene rings is 1. The van der Waals surface area contributed by atoms with Crippen molar-refractivity contribution < 1.29 is 4.74 Å². The van der Waals surface area contributed by atoms with E-state index in [0.717, 1.165) is 11.5 Å². The van der Waals surface area contributed by atoms with Crippen molar-refractivity contribution in [2.45, 2.75) is 0 Å². The number of para-hydroxylation sites is 1. The Morgan fingerprint density at radius 3 is 2.61 bits per heavy atom. The molecule has 0 saturated carbocycles. The molecular formula is C20H11BOS. The molecule has 0 fully saturated rings. The molecule has 2 aliphatic rings. The fraction of sp³-hybridized carbons (Fsp3) is 0. The summed E-state index contributed by atoms with van der Waals surface area (Å²) in [5.41, 5.74) is 5.39. The van der Waals surface area contributed by atoms with Gasteiger partial charge in [-0.05, 0) is 50.4 Å². The van der Waals surface area contributed by atoms with Gasteiger partial charge in [0.1, 0.15) is 11.5 Å². The number of hydrogen-bond acceptors (Lipinski definition) is 2. The van der Waals surface area contributed by atoms with E-state index < -0.39 is 0 Å². The van der Waals surface area contributed by atoms with Crippen LogP contribution in [0.5, 0.6) is 11.5 Å². The van der Waals surface area contributed by atoms with E-state index in [-0.39, 0.29) is 0 Å². The van der Waals surface area contributed by atoms with Crippen LogP contribution in [0, 0.1) is 0 Å². The molecule has 0 radical (unpaired) electrons. The molecule has 1 nitrogen and oxygen atoms in total. The van der Waals surface area contributed by atoms with Gasteiger partial charge in [-0.3, -0.25) is 0 Å². The highest BCUT2D eigenvalue weighted by Crippen LogP contribution is 2.40. The van der Waals surface area contributed by atoms with Crippen molar-refractivity contribution in [3.8, 4) is 22.6 Å². The zero-order chi connectivity index (χ0) is 15.0. The maximum atomic E-state index is 6.19. The predicted octanol–water partition coefficient (Wildman–Crippen LogP) is 3.50. The summed E-state index contributed by atoms with van der Waals surface area (Å²) in [4.78, 5) is 0. The van der Waals surface area contributed by atoms with Gasteiger partial charge in [-0.15, -0.1) is 11.3 Å². The van der Waals surface area contributed by atoms with Crippen LogP contribution in [0.2, 0.25) is 0 Å². The van der Waals surface area contributed by atoms with Crippen molar-refractivity contribution in [2.75, 3.05) is 0 Å². The second kappa shape index (κ2) is 4.06. The summed E-state index contributed by atoms with van der Waals surface area (Å²) in [6, 6.07) is 23.6. The lowest BCUT2D eigenvalue weighted by Crippen LogP contribution is -2.51. The normalized spacial score (nSPS) is 13.5. The van der Waals surface area contributed by atoms with Crippen molar-refractivity contribution in [1.82, 2.24) is 0 Å². The van der Waals surface area contributed by atoms with Crippen molar-refractivity contribution in [3.63, 3.8) is 0 Å². The van der Waals surface area contributed by atoms with Gasteiger partial charge >= 0.3 is 0 Å². The van der Waals surface area contributed by atoms with Gasteiger partial charge in [0.05, 0.1) is 0 Å². The van der Waals surface area contributed by atoms with E-state index in [1.54, 1.807) is 0 Å². The van der Waals surface area contributed by atoms with Crippen molar-refractivity contribution >= 4 is 43.8 Å². The third kappa shape index (κ3) is 1.39. The molecule has 0 N–H and O–H groups in total. The molecule has 3 heterocycles. The van der Waals surface area contributed by atoms with Crippen LogP contribution in [0.1, 0.15) is 0 Å². The van der Waals surface area contributed by atoms with E-state index in [9.17, 15) is 0 Å². The average Bonchev–Trinajstić information content (AvgIpc) is 3.12. The van der Waals surface area contributed by atoms with Crippen molar-refractivity contribution in [3.05, 3.63) is 66.7 Å². The molecule has 0 spiro atoms. The summed E-state index contributed by atoms with van der Waals surface area (Å²) in [6.45, 7) is 0.318. The van der Waals surface area contributed by atoms with E-state index in [0.29, 0.717) is 6.71 Å². The van der Waals surface area contributed by atoms with E-state index in [2.05, 4.69) is 66.7 Å². The first-order chi connectivity index (χ1) is 11.4. The number of benzene rings is 3. The number of hydrogen-bond donors (Lipinski definition) is 0. The molecule has 3 heteroatoms. The maximum Gasteiger partial charge on any atom is 0.264 e. The van der Waals surface area contributed by atoms with Crippen LogP contribution in [0.3, 0.4) is 0 Å². The summed E-state index contributed by atoms with van der Waals surface area (Å²) < 4.78 is 9.02. The zero-order valence-corrected chi connectivity index (χ0v) is 13.1. The van der Waals surface area contributed by atoms with Gasteiger partial charge in [0.2, 0.25) is 0 Å². The monoisotopic (exact) mass is 310 g/mol. The lowest BCUT2D eigenvalue weighted by molar-refractivity contribution is 0.488. The first-order valence-corrected chi connectivity index (χ1v) is 8.65.